The Morgan fingerprint density at radius 1 is 1.00 bits per heavy atom. The molecular formula is C28H30N6O2. The standard InChI is InChI=1S/C28H30N6O2/c1-21(30-28(35)24-10-6-13-29-18-24)27-32-31-26-12-14-33(15-16-34(26)27)19-23-9-5-11-25(17-23)36-20-22-7-3-2-4-8-22/h2-11,13,17-18,21H,12,14-16,19-20H2,1H3,(H,30,35)/t21-/m0/s1. The van der Waals surface area contributed by atoms with Crippen molar-refractivity contribution in [1.82, 2.24) is 30.0 Å². The van der Waals surface area contributed by atoms with Crippen LogP contribution in [0.1, 0.15) is 46.1 Å². The third kappa shape index (κ3) is 5.78. The van der Waals surface area contributed by atoms with Crippen LogP contribution in [-0.2, 0) is 26.1 Å². The van der Waals surface area contributed by atoms with Gasteiger partial charge in [0.15, 0.2) is 5.82 Å². The fraction of sp³-hybridized carbons (Fsp3) is 0.286. The van der Waals surface area contributed by atoms with Crippen LogP contribution in [0.3, 0.4) is 0 Å². The summed E-state index contributed by atoms with van der Waals surface area (Å²) >= 11 is 0. The highest BCUT2D eigenvalue weighted by atomic mass is 16.5. The lowest BCUT2D eigenvalue weighted by atomic mass is 10.2. The summed E-state index contributed by atoms with van der Waals surface area (Å²) in [6, 6.07) is 21.7. The predicted molar refractivity (Wildman–Crippen MR) is 136 cm³/mol. The van der Waals surface area contributed by atoms with Gasteiger partial charge in [-0.2, -0.15) is 0 Å². The molecule has 0 fully saturated rings. The highest BCUT2D eigenvalue weighted by Gasteiger charge is 2.23. The molecule has 0 radical (unpaired) electrons. The Balaban J connectivity index is 1.18. The van der Waals surface area contributed by atoms with Gasteiger partial charge in [0.25, 0.3) is 5.91 Å². The van der Waals surface area contributed by atoms with E-state index in [0.717, 1.165) is 55.6 Å². The summed E-state index contributed by atoms with van der Waals surface area (Å²) in [7, 11) is 0. The van der Waals surface area contributed by atoms with Gasteiger partial charge in [-0.15, -0.1) is 10.2 Å². The van der Waals surface area contributed by atoms with Gasteiger partial charge in [-0.05, 0) is 42.3 Å². The van der Waals surface area contributed by atoms with Crippen molar-refractivity contribution >= 4 is 5.91 Å². The number of fused-ring (bicyclic) bond motifs is 1. The van der Waals surface area contributed by atoms with E-state index in [0.29, 0.717) is 12.2 Å². The van der Waals surface area contributed by atoms with Crippen LogP contribution in [0.2, 0.25) is 0 Å². The Bertz CT molecular complexity index is 1290. The van der Waals surface area contributed by atoms with Crippen molar-refractivity contribution < 1.29 is 9.53 Å². The van der Waals surface area contributed by atoms with Gasteiger partial charge in [0.05, 0.1) is 11.6 Å². The highest BCUT2D eigenvalue weighted by Crippen LogP contribution is 2.20. The Morgan fingerprint density at radius 3 is 2.69 bits per heavy atom. The van der Waals surface area contributed by atoms with Crippen molar-refractivity contribution in [3.8, 4) is 5.75 Å². The van der Waals surface area contributed by atoms with E-state index in [4.69, 9.17) is 4.74 Å². The highest BCUT2D eigenvalue weighted by molar-refractivity contribution is 5.94. The summed E-state index contributed by atoms with van der Waals surface area (Å²) in [6.07, 6.45) is 4.02. The molecule has 5 rings (SSSR count). The zero-order chi connectivity index (χ0) is 24.7. The van der Waals surface area contributed by atoms with E-state index in [1.165, 1.54) is 5.56 Å². The topological polar surface area (TPSA) is 85.2 Å². The summed E-state index contributed by atoms with van der Waals surface area (Å²) in [5.74, 6) is 2.44. The maximum atomic E-state index is 12.6. The van der Waals surface area contributed by atoms with Crippen LogP contribution in [0.25, 0.3) is 0 Å². The SMILES string of the molecule is C[C@H](NC(=O)c1cccnc1)c1nnc2n1CCN(Cc1cccc(OCc3ccccc3)c1)CC2. The van der Waals surface area contributed by atoms with Crippen LogP contribution >= 0.6 is 0 Å². The largest absolute Gasteiger partial charge is 0.489 e. The molecule has 1 N–H and O–H groups in total. The number of carbonyl (C=O) groups is 1. The number of hydrogen-bond donors (Lipinski definition) is 1. The van der Waals surface area contributed by atoms with Crippen molar-refractivity contribution in [2.24, 2.45) is 0 Å². The molecule has 3 heterocycles. The van der Waals surface area contributed by atoms with Gasteiger partial charge in [-0.3, -0.25) is 14.7 Å². The van der Waals surface area contributed by atoms with E-state index in [1.54, 1.807) is 24.5 Å². The molecule has 1 aliphatic rings. The molecule has 36 heavy (non-hydrogen) atoms. The maximum absolute atomic E-state index is 12.6. The number of benzene rings is 2. The molecule has 0 saturated heterocycles. The second-order valence-corrected chi connectivity index (χ2v) is 9.01. The first-order chi connectivity index (χ1) is 17.7. The third-order valence-electron chi connectivity index (χ3n) is 6.36. The zero-order valence-electron chi connectivity index (χ0n) is 20.4. The van der Waals surface area contributed by atoms with E-state index >= 15 is 0 Å². The molecular weight excluding hydrogens is 452 g/mol. The second kappa shape index (κ2) is 11.1. The summed E-state index contributed by atoms with van der Waals surface area (Å²) < 4.78 is 8.16. The summed E-state index contributed by atoms with van der Waals surface area (Å²) in [6.45, 7) is 5.87. The summed E-state index contributed by atoms with van der Waals surface area (Å²) in [5.41, 5.74) is 2.90. The monoisotopic (exact) mass is 482 g/mol. The average Bonchev–Trinajstić information content (AvgIpc) is 3.23. The molecule has 0 saturated carbocycles. The first-order valence-corrected chi connectivity index (χ1v) is 12.3. The van der Waals surface area contributed by atoms with Gasteiger partial charge in [-0.1, -0.05) is 42.5 Å². The number of nitrogens with one attached hydrogen (secondary N) is 1. The van der Waals surface area contributed by atoms with Crippen LogP contribution in [0.5, 0.6) is 5.75 Å². The second-order valence-electron chi connectivity index (χ2n) is 9.01. The number of carbonyl (C=O) groups excluding carboxylic acids is 1. The molecule has 184 valence electrons. The molecule has 2 aromatic heterocycles. The van der Waals surface area contributed by atoms with Crippen molar-refractivity contribution in [2.45, 2.75) is 39.1 Å². The van der Waals surface area contributed by atoms with Crippen LogP contribution in [-0.4, -0.2) is 43.6 Å². The molecule has 0 aliphatic carbocycles. The Morgan fingerprint density at radius 2 is 1.86 bits per heavy atom. The minimum absolute atomic E-state index is 0.169. The molecule has 2 aromatic carbocycles. The lowest BCUT2D eigenvalue weighted by Gasteiger charge is -2.20. The third-order valence-corrected chi connectivity index (χ3v) is 6.36. The molecule has 1 amide bonds. The van der Waals surface area contributed by atoms with Crippen molar-refractivity contribution in [2.75, 3.05) is 13.1 Å². The van der Waals surface area contributed by atoms with Gasteiger partial charge in [-0.25, -0.2) is 0 Å². The first kappa shape index (κ1) is 23.7. The van der Waals surface area contributed by atoms with Crippen molar-refractivity contribution in [3.05, 3.63) is 107 Å². The number of amides is 1. The van der Waals surface area contributed by atoms with Gasteiger partial charge in [0.2, 0.25) is 0 Å². The molecule has 1 atom stereocenters. The molecule has 1 aliphatic heterocycles. The molecule has 8 heteroatoms. The summed E-state index contributed by atoms with van der Waals surface area (Å²) in [5, 5.41) is 11.8. The molecule has 0 bridgehead atoms. The van der Waals surface area contributed by atoms with Gasteiger partial charge >= 0.3 is 0 Å². The number of rotatable bonds is 8. The van der Waals surface area contributed by atoms with Crippen LogP contribution in [0.4, 0.5) is 0 Å². The maximum Gasteiger partial charge on any atom is 0.253 e. The molecule has 8 nitrogen and oxygen atoms in total. The zero-order valence-corrected chi connectivity index (χ0v) is 20.4. The van der Waals surface area contributed by atoms with E-state index < -0.39 is 0 Å². The van der Waals surface area contributed by atoms with Crippen molar-refractivity contribution in [3.63, 3.8) is 0 Å². The average molecular weight is 483 g/mol. The number of hydrogen-bond acceptors (Lipinski definition) is 6. The van der Waals surface area contributed by atoms with Gasteiger partial charge < -0.3 is 14.6 Å². The Labute approximate surface area is 211 Å². The number of pyridine rings is 1. The van der Waals surface area contributed by atoms with Gasteiger partial charge in [0, 0.05) is 45.0 Å². The normalized spacial score (nSPS) is 14.5. The lowest BCUT2D eigenvalue weighted by Crippen LogP contribution is -2.30. The predicted octanol–water partition coefficient (Wildman–Crippen LogP) is 3.80. The number of aromatic nitrogens is 4. The summed E-state index contributed by atoms with van der Waals surface area (Å²) in [4.78, 5) is 19.0. The smallest absolute Gasteiger partial charge is 0.253 e. The lowest BCUT2D eigenvalue weighted by molar-refractivity contribution is 0.0937. The van der Waals surface area contributed by atoms with E-state index in [-0.39, 0.29) is 11.9 Å². The Hall–Kier alpha value is -4.04. The fourth-order valence-electron chi connectivity index (χ4n) is 4.44. The minimum Gasteiger partial charge on any atom is -0.489 e. The quantitative estimate of drug-likeness (QED) is 0.411. The van der Waals surface area contributed by atoms with Crippen LogP contribution in [0, 0.1) is 0 Å². The van der Waals surface area contributed by atoms with E-state index in [1.807, 2.05) is 37.3 Å². The van der Waals surface area contributed by atoms with Gasteiger partial charge in [0.1, 0.15) is 18.2 Å². The Kier molecular flexibility index (Phi) is 7.33. The number of ether oxygens (including phenoxy) is 1. The van der Waals surface area contributed by atoms with Crippen LogP contribution < -0.4 is 10.1 Å². The minimum atomic E-state index is -0.260. The first-order valence-electron chi connectivity index (χ1n) is 12.3. The van der Waals surface area contributed by atoms with E-state index in [2.05, 4.69) is 54.2 Å². The van der Waals surface area contributed by atoms with E-state index in [9.17, 15) is 4.79 Å². The molecule has 0 unspecified atom stereocenters. The fourth-order valence-corrected chi connectivity index (χ4v) is 4.44. The van der Waals surface area contributed by atoms with Crippen molar-refractivity contribution in [1.29, 1.82) is 0 Å². The van der Waals surface area contributed by atoms with Crippen LogP contribution in [0.15, 0.2) is 79.1 Å². The molecule has 4 aromatic rings. The number of nitrogens with zero attached hydrogens (tertiary/aromatic N) is 5. The molecule has 0 spiro atoms.